The third-order valence-corrected chi connectivity index (χ3v) is 4.18. The third-order valence-electron chi connectivity index (χ3n) is 4.18. The van der Waals surface area contributed by atoms with Crippen LogP contribution in [0.4, 0.5) is 5.82 Å². The van der Waals surface area contributed by atoms with Crippen molar-refractivity contribution in [1.29, 1.82) is 0 Å². The van der Waals surface area contributed by atoms with Crippen molar-refractivity contribution in [3.05, 3.63) is 12.0 Å². The standard InChI is InChI=1S/C15H24N6/c1-10-5-11(2)8-21(7-10)9-13-18-14(16-3)12-6-17-20(4)15(12)19-13/h6,10-11H,5,7-9H2,1-4H3,(H,16,18,19). The highest BCUT2D eigenvalue weighted by Crippen LogP contribution is 2.23. The molecule has 1 aliphatic heterocycles. The Morgan fingerprint density at radius 3 is 2.62 bits per heavy atom. The molecule has 0 amide bonds. The van der Waals surface area contributed by atoms with Crippen molar-refractivity contribution in [2.24, 2.45) is 18.9 Å². The average Bonchev–Trinajstić information content (AvgIpc) is 2.79. The van der Waals surface area contributed by atoms with E-state index in [4.69, 9.17) is 4.98 Å². The lowest BCUT2D eigenvalue weighted by atomic mass is 9.92. The molecule has 0 bridgehead atoms. The lowest BCUT2D eigenvalue weighted by Crippen LogP contribution is -2.38. The molecule has 2 atom stereocenters. The van der Waals surface area contributed by atoms with E-state index >= 15 is 0 Å². The minimum atomic E-state index is 0.748. The van der Waals surface area contributed by atoms with Crippen LogP contribution in [-0.4, -0.2) is 44.8 Å². The summed E-state index contributed by atoms with van der Waals surface area (Å²) < 4.78 is 1.81. The number of nitrogens with zero attached hydrogens (tertiary/aromatic N) is 5. The maximum atomic E-state index is 4.70. The van der Waals surface area contributed by atoms with E-state index in [0.29, 0.717) is 0 Å². The largest absolute Gasteiger partial charge is 0.372 e. The number of anilines is 1. The number of piperidine rings is 1. The Kier molecular flexibility index (Phi) is 3.80. The number of nitrogens with one attached hydrogen (secondary N) is 1. The van der Waals surface area contributed by atoms with Crippen molar-refractivity contribution in [2.45, 2.75) is 26.8 Å². The Balaban J connectivity index is 1.88. The van der Waals surface area contributed by atoms with Crippen molar-refractivity contribution < 1.29 is 0 Å². The molecule has 6 heteroatoms. The molecule has 0 spiro atoms. The predicted octanol–water partition coefficient (Wildman–Crippen LogP) is 1.88. The van der Waals surface area contributed by atoms with Gasteiger partial charge < -0.3 is 5.32 Å². The molecule has 1 saturated heterocycles. The van der Waals surface area contributed by atoms with Gasteiger partial charge in [0.1, 0.15) is 11.6 Å². The van der Waals surface area contributed by atoms with Crippen molar-refractivity contribution in [3.8, 4) is 0 Å². The first-order valence-corrected chi connectivity index (χ1v) is 7.65. The molecule has 2 aromatic rings. The predicted molar refractivity (Wildman–Crippen MR) is 84.1 cm³/mol. The Morgan fingerprint density at radius 2 is 1.95 bits per heavy atom. The Labute approximate surface area is 125 Å². The van der Waals surface area contributed by atoms with Gasteiger partial charge in [-0.1, -0.05) is 13.8 Å². The number of aromatic nitrogens is 4. The summed E-state index contributed by atoms with van der Waals surface area (Å²) in [6.07, 6.45) is 3.13. The molecule has 0 aliphatic carbocycles. The Morgan fingerprint density at radius 1 is 1.24 bits per heavy atom. The molecular formula is C15H24N6. The number of fused-ring (bicyclic) bond motifs is 1. The van der Waals surface area contributed by atoms with Gasteiger partial charge in [0, 0.05) is 27.2 Å². The monoisotopic (exact) mass is 288 g/mol. The molecule has 21 heavy (non-hydrogen) atoms. The van der Waals surface area contributed by atoms with Gasteiger partial charge in [-0.25, -0.2) is 9.97 Å². The smallest absolute Gasteiger partial charge is 0.163 e. The molecule has 6 nitrogen and oxygen atoms in total. The molecule has 3 rings (SSSR count). The molecule has 3 heterocycles. The van der Waals surface area contributed by atoms with Gasteiger partial charge in [0.2, 0.25) is 0 Å². The first-order valence-electron chi connectivity index (χ1n) is 7.65. The van der Waals surface area contributed by atoms with Crippen LogP contribution in [0.5, 0.6) is 0 Å². The lowest BCUT2D eigenvalue weighted by molar-refractivity contribution is 0.131. The quantitative estimate of drug-likeness (QED) is 0.934. The van der Waals surface area contributed by atoms with Crippen LogP contribution in [-0.2, 0) is 13.6 Å². The van der Waals surface area contributed by atoms with Gasteiger partial charge in [-0.15, -0.1) is 0 Å². The second kappa shape index (κ2) is 5.60. The van der Waals surface area contributed by atoms with Crippen LogP contribution in [0.25, 0.3) is 11.0 Å². The van der Waals surface area contributed by atoms with Crippen LogP contribution < -0.4 is 5.32 Å². The summed E-state index contributed by atoms with van der Waals surface area (Å²) >= 11 is 0. The van der Waals surface area contributed by atoms with E-state index < -0.39 is 0 Å². The maximum Gasteiger partial charge on any atom is 0.163 e. The van der Waals surface area contributed by atoms with Crippen LogP contribution in [0.1, 0.15) is 26.1 Å². The van der Waals surface area contributed by atoms with Crippen LogP contribution in [0.15, 0.2) is 6.20 Å². The topological polar surface area (TPSA) is 58.9 Å². The summed E-state index contributed by atoms with van der Waals surface area (Å²) in [5.74, 6) is 3.23. The van der Waals surface area contributed by atoms with Crippen LogP contribution in [0, 0.1) is 11.8 Å². The van der Waals surface area contributed by atoms with E-state index in [0.717, 1.165) is 54.1 Å². The molecule has 1 N–H and O–H groups in total. The van der Waals surface area contributed by atoms with Gasteiger partial charge in [-0.05, 0) is 18.3 Å². The summed E-state index contributed by atoms with van der Waals surface area (Å²) in [4.78, 5) is 11.8. The number of hydrogen-bond donors (Lipinski definition) is 1. The van der Waals surface area contributed by atoms with E-state index in [1.807, 2.05) is 25.0 Å². The van der Waals surface area contributed by atoms with Crippen LogP contribution >= 0.6 is 0 Å². The van der Waals surface area contributed by atoms with Crippen molar-refractivity contribution in [1.82, 2.24) is 24.6 Å². The lowest BCUT2D eigenvalue weighted by Gasteiger charge is -2.34. The minimum absolute atomic E-state index is 0.748. The maximum absolute atomic E-state index is 4.70. The highest BCUT2D eigenvalue weighted by Gasteiger charge is 2.23. The summed E-state index contributed by atoms with van der Waals surface area (Å²) in [5, 5.41) is 8.41. The molecule has 2 unspecified atom stereocenters. The summed E-state index contributed by atoms with van der Waals surface area (Å²) in [5.41, 5.74) is 0.891. The first-order chi connectivity index (χ1) is 10.1. The van der Waals surface area contributed by atoms with Gasteiger partial charge in [0.05, 0.1) is 18.1 Å². The highest BCUT2D eigenvalue weighted by atomic mass is 15.3. The normalized spacial score (nSPS) is 23.6. The second-order valence-electron chi connectivity index (χ2n) is 6.38. The molecule has 2 aromatic heterocycles. The fraction of sp³-hybridized carbons (Fsp3) is 0.667. The number of rotatable bonds is 3. The zero-order chi connectivity index (χ0) is 15.0. The zero-order valence-electron chi connectivity index (χ0n) is 13.3. The van der Waals surface area contributed by atoms with Gasteiger partial charge in [0.15, 0.2) is 5.65 Å². The SMILES string of the molecule is CNc1nc(CN2CC(C)CC(C)C2)nc2c1cnn2C. The van der Waals surface area contributed by atoms with E-state index in [1.54, 1.807) is 0 Å². The van der Waals surface area contributed by atoms with Gasteiger partial charge in [-0.2, -0.15) is 5.10 Å². The number of hydrogen-bond acceptors (Lipinski definition) is 5. The third kappa shape index (κ3) is 2.85. The second-order valence-corrected chi connectivity index (χ2v) is 6.38. The number of aryl methyl sites for hydroxylation is 1. The van der Waals surface area contributed by atoms with Crippen LogP contribution in [0.3, 0.4) is 0 Å². The first kappa shape index (κ1) is 14.3. The fourth-order valence-corrected chi connectivity index (χ4v) is 3.45. The van der Waals surface area contributed by atoms with Crippen molar-refractivity contribution in [3.63, 3.8) is 0 Å². The summed E-state index contributed by atoms with van der Waals surface area (Å²) in [6.45, 7) is 7.72. The van der Waals surface area contributed by atoms with E-state index in [9.17, 15) is 0 Å². The van der Waals surface area contributed by atoms with Gasteiger partial charge in [0.25, 0.3) is 0 Å². The Bertz CT molecular complexity index is 624. The highest BCUT2D eigenvalue weighted by molar-refractivity contribution is 5.86. The molecule has 114 valence electrons. The van der Waals surface area contributed by atoms with Gasteiger partial charge >= 0.3 is 0 Å². The van der Waals surface area contributed by atoms with E-state index in [2.05, 4.69) is 34.1 Å². The number of likely N-dealkylation sites (tertiary alicyclic amines) is 1. The van der Waals surface area contributed by atoms with Crippen molar-refractivity contribution in [2.75, 3.05) is 25.5 Å². The molecule has 1 fully saturated rings. The van der Waals surface area contributed by atoms with Crippen LogP contribution in [0.2, 0.25) is 0 Å². The van der Waals surface area contributed by atoms with E-state index in [-0.39, 0.29) is 0 Å². The molecule has 0 aromatic carbocycles. The Hall–Kier alpha value is -1.69. The average molecular weight is 288 g/mol. The summed E-state index contributed by atoms with van der Waals surface area (Å²) in [6, 6.07) is 0. The summed E-state index contributed by atoms with van der Waals surface area (Å²) in [7, 11) is 3.81. The molecule has 1 aliphatic rings. The molecular weight excluding hydrogens is 264 g/mol. The van der Waals surface area contributed by atoms with Crippen molar-refractivity contribution >= 4 is 16.9 Å². The minimum Gasteiger partial charge on any atom is -0.372 e. The fourth-order valence-electron chi connectivity index (χ4n) is 3.45. The van der Waals surface area contributed by atoms with E-state index in [1.165, 1.54) is 6.42 Å². The zero-order valence-corrected chi connectivity index (χ0v) is 13.3. The molecule has 0 radical (unpaired) electrons. The van der Waals surface area contributed by atoms with Gasteiger partial charge in [-0.3, -0.25) is 9.58 Å². The molecule has 0 saturated carbocycles.